The summed E-state index contributed by atoms with van der Waals surface area (Å²) >= 11 is 5.44. The molecule has 0 aliphatic rings. The number of hydrogen-bond donors (Lipinski definition) is 0. The summed E-state index contributed by atoms with van der Waals surface area (Å²) in [5.74, 6) is 0. The molecule has 7 heteroatoms. The third-order valence-electron chi connectivity index (χ3n) is 14.5. The van der Waals surface area contributed by atoms with Crippen molar-refractivity contribution in [3.05, 3.63) is 211 Å². The first-order valence-electron chi connectivity index (χ1n) is 23.3. The molecule has 5 heterocycles. The Morgan fingerprint density at radius 3 is 1.47 bits per heavy atom. The van der Waals surface area contributed by atoms with E-state index in [9.17, 15) is 11.8 Å². The van der Waals surface area contributed by atoms with E-state index in [0.717, 1.165) is 85.8 Å². The zero-order valence-electron chi connectivity index (χ0n) is 37.4. The van der Waals surface area contributed by atoms with Crippen molar-refractivity contribution in [2.24, 2.45) is 0 Å². The van der Waals surface area contributed by atoms with E-state index in [1.807, 2.05) is 58.3 Å². The van der Waals surface area contributed by atoms with Crippen LogP contribution in [0.5, 0.6) is 0 Å². The Balaban J connectivity index is 1.27. The quantitative estimate of drug-likeness (QED) is 0.162. The second-order valence-corrected chi connectivity index (χ2v) is 21.2. The third kappa shape index (κ3) is 5.21. The molecule has 0 aliphatic heterocycles. The lowest BCUT2D eigenvalue weighted by Crippen LogP contribution is -2.09. The van der Waals surface area contributed by atoms with Gasteiger partial charge in [0.05, 0.1) is 59.7 Å². The number of para-hydroxylation sites is 1. The molecule has 70 heavy (non-hydrogen) atoms. The van der Waals surface area contributed by atoms with Crippen LogP contribution < -0.4 is 0 Å². The maximum atomic E-state index is 12.1. The van der Waals surface area contributed by atoms with Crippen molar-refractivity contribution in [3.8, 4) is 39.7 Å². The lowest BCUT2D eigenvalue weighted by atomic mass is 9.88. The molecule has 0 saturated heterocycles. The molecule has 324 valence electrons. The van der Waals surface area contributed by atoms with Crippen LogP contribution in [-0.4, -0.2) is 9.13 Å². The topological polar surface area (TPSA) is 38.0 Å². The fourth-order valence-electron chi connectivity index (χ4n) is 11.6. The second-order valence-electron chi connectivity index (χ2n) is 18.1. The van der Waals surface area contributed by atoms with Crippen molar-refractivity contribution in [2.45, 2.75) is 6.92 Å². The Morgan fingerprint density at radius 1 is 0.414 bits per heavy atom. The van der Waals surface area contributed by atoms with Crippen molar-refractivity contribution in [1.29, 1.82) is 5.26 Å². The number of hydrogen-bond acceptors (Lipinski definition) is 4. The molecule has 0 bridgehead atoms. The van der Waals surface area contributed by atoms with Crippen LogP contribution in [-0.2, 0) is 0 Å². The number of rotatable bonds is 4. The van der Waals surface area contributed by atoms with E-state index in [4.69, 9.17) is 0 Å². The Morgan fingerprint density at radius 2 is 0.871 bits per heavy atom. The summed E-state index contributed by atoms with van der Waals surface area (Å²) < 4.78 is 12.0. The van der Waals surface area contributed by atoms with Crippen LogP contribution in [0.4, 0.5) is 5.69 Å². The molecule has 0 fully saturated rings. The monoisotopic (exact) mass is 942 g/mol. The molecule has 0 N–H and O–H groups in total. The van der Waals surface area contributed by atoms with Gasteiger partial charge in [-0.2, -0.15) is 5.26 Å². The SMILES string of the molecule is [C-]#[N+]c1c(-c2ccccc2)c(C#N)c(-n2c3ccccc3c3ccc4c5cccc(C)c5sc4c32)c(-c2ccccc2)c1-n1c2c(ccc3c4ccccc4sc32)c2ccc3c4ccccc4sc3c21. The van der Waals surface area contributed by atoms with E-state index < -0.39 is 0 Å². The van der Waals surface area contributed by atoms with Crippen LogP contribution in [0.2, 0.25) is 0 Å². The van der Waals surface area contributed by atoms with Gasteiger partial charge in [0.2, 0.25) is 5.69 Å². The van der Waals surface area contributed by atoms with Crippen LogP contribution in [0.25, 0.3) is 143 Å². The normalized spacial score (nSPS) is 12.0. The molecule has 0 saturated carbocycles. The molecule has 0 unspecified atom stereocenters. The van der Waals surface area contributed by atoms with Gasteiger partial charge >= 0.3 is 0 Å². The van der Waals surface area contributed by atoms with Gasteiger partial charge in [-0.3, -0.25) is 0 Å². The minimum absolute atomic E-state index is 0.434. The van der Waals surface area contributed by atoms with Crippen molar-refractivity contribution in [3.63, 3.8) is 0 Å². The van der Waals surface area contributed by atoms with Gasteiger partial charge < -0.3 is 9.13 Å². The summed E-state index contributed by atoms with van der Waals surface area (Å²) in [7, 11) is 0. The Labute approximate surface area is 412 Å². The molecular weight excluding hydrogens is 909 g/mol. The molecule has 0 spiro atoms. The number of aryl methyl sites for hydroxylation is 1. The molecule has 10 aromatic carbocycles. The van der Waals surface area contributed by atoms with Crippen molar-refractivity contribution < 1.29 is 0 Å². The number of nitrogens with zero attached hydrogens (tertiary/aromatic N) is 4. The van der Waals surface area contributed by atoms with E-state index in [2.05, 4.69) is 191 Å². The lowest BCUT2D eigenvalue weighted by Gasteiger charge is -2.26. The largest absolute Gasteiger partial charge is 0.316 e. The number of fused-ring (bicyclic) bond motifs is 18. The highest BCUT2D eigenvalue weighted by Gasteiger charge is 2.33. The summed E-state index contributed by atoms with van der Waals surface area (Å²) in [5, 5.41) is 23.7. The van der Waals surface area contributed by atoms with Crippen molar-refractivity contribution in [2.75, 3.05) is 0 Å². The van der Waals surface area contributed by atoms with Crippen LogP contribution in [0.15, 0.2) is 188 Å². The first-order valence-corrected chi connectivity index (χ1v) is 25.7. The highest BCUT2D eigenvalue weighted by Crippen LogP contribution is 2.55. The predicted octanol–water partition coefficient (Wildman–Crippen LogP) is 19.0. The molecular formula is C63H34N4S3. The minimum Gasteiger partial charge on any atom is -0.316 e. The van der Waals surface area contributed by atoms with Gasteiger partial charge in [0.1, 0.15) is 6.07 Å². The van der Waals surface area contributed by atoms with Gasteiger partial charge in [0, 0.05) is 79.1 Å². The predicted molar refractivity (Wildman–Crippen MR) is 300 cm³/mol. The van der Waals surface area contributed by atoms with Gasteiger partial charge in [0.15, 0.2) is 0 Å². The van der Waals surface area contributed by atoms with Crippen LogP contribution in [0.1, 0.15) is 11.1 Å². The smallest absolute Gasteiger partial charge is 0.220 e. The standard InChI is InChI=1S/C63H34N4S3/c1-35-16-15-24-44-47-33-28-41-38-21-9-12-25-49(38)66(56(41)63(47)70-60(35)44)55-48(34-64)52(36-17-5-3-6-18-36)54(65-2)59(53(55)37-19-7-4-8-20-37)67-57-42(29-31-45-39-22-10-13-26-50(39)68-61(45)57)43-30-32-46-40-23-11-14-27-51(40)69-62(46)58(43)67/h3-33H,1H3. The maximum absolute atomic E-state index is 12.1. The first kappa shape index (κ1) is 39.4. The number of aromatic nitrogens is 2. The summed E-state index contributed by atoms with van der Waals surface area (Å²) in [4.78, 5) is 4.67. The lowest BCUT2D eigenvalue weighted by molar-refractivity contribution is 1.14. The third-order valence-corrected chi connectivity index (χ3v) is 18.2. The molecule has 15 aromatic rings. The van der Waals surface area contributed by atoms with Crippen LogP contribution in [0, 0.1) is 24.8 Å². The van der Waals surface area contributed by atoms with Crippen molar-refractivity contribution >= 4 is 144 Å². The fraction of sp³-hybridized carbons (Fsp3) is 0.0159. The van der Waals surface area contributed by atoms with Crippen molar-refractivity contribution in [1.82, 2.24) is 9.13 Å². The Bertz CT molecular complexity index is 4730. The van der Waals surface area contributed by atoms with Gasteiger partial charge in [-0.25, -0.2) is 4.85 Å². The molecule has 4 nitrogen and oxygen atoms in total. The summed E-state index contributed by atoms with van der Waals surface area (Å²) in [6, 6.07) is 69.8. The van der Waals surface area contributed by atoms with Crippen LogP contribution >= 0.6 is 34.0 Å². The fourth-order valence-corrected chi connectivity index (χ4v) is 15.4. The molecule has 0 radical (unpaired) electrons. The minimum atomic E-state index is 0.434. The number of thiophene rings is 3. The molecule has 0 aliphatic carbocycles. The van der Waals surface area contributed by atoms with Gasteiger partial charge in [-0.05, 0) is 41.8 Å². The molecule has 15 rings (SSSR count). The Kier molecular flexibility index (Phi) is 8.29. The maximum Gasteiger partial charge on any atom is 0.220 e. The summed E-state index contributed by atoms with van der Waals surface area (Å²) in [6.07, 6.45) is 0. The van der Waals surface area contributed by atoms with Gasteiger partial charge in [0.25, 0.3) is 0 Å². The highest BCUT2D eigenvalue weighted by atomic mass is 32.1. The second kappa shape index (κ2) is 14.7. The van der Waals surface area contributed by atoms with Gasteiger partial charge in [-0.1, -0.05) is 170 Å². The molecule has 0 amide bonds. The zero-order chi connectivity index (χ0) is 46.4. The van der Waals surface area contributed by atoms with E-state index in [1.165, 1.54) is 52.0 Å². The average Bonchev–Trinajstić information content (AvgIpc) is 4.23. The summed E-state index contributed by atoms with van der Waals surface area (Å²) in [6.45, 7) is 11.7. The van der Waals surface area contributed by atoms with E-state index in [1.54, 1.807) is 0 Å². The molecule has 5 aromatic heterocycles. The Hall–Kier alpha value is -8.56. The average molecular weight is 943 g/mol. The highest BCUT2D eigenvalue weighted by molar-refractivity contribution is 7.27. The van der Waals surface area contributed by atoms with Crippen LogP contribution in [0.3, 0.4) is 0 Å². The number of nitriles is 1. The zero-order valence-corrected chi connectivity index (χ0v) is 39.9. The van der Waals surface area contributed by atoms with Gasteiger partial charge in [-0.15, -0.1) is 34.0 Å². The van der Waals surface area contributed by atoms with E-state index in [0.29, 0.717) is 16.8 Å². The summed E-state index contributed by atoms with van der Waals surface area (Å²) in [5.41, 5.74) is 11.0. The molecule has 0 atom stereocenters. The number of benzene rings is 10. The first-order chi connectivity index (χ1) is 34.6. The van der Waals surface area contributed by atoms with E-state index in [-0.39, 0.29) is 0 Å². The van der Waals surface area contributed by atoms with E-state index >= 15 is 0 Å².